The summed E-state index contributed by atoms with van der Waals surface area (Å²) in [5, 5.41) is 5.85. The SMILES string of the molecule is COC(=O)CCCc1ccc(Oc2ccccc2Cl)cc1C(=O)N[C@H](C)c1cccc2ccccc12. The highest BCUT2D eigenvalue weighted by Crippen LogP contribution is 2.31. The number of carbonyl (C=O) groups is 2. The van der Waals surface area contributed by atoms with Gasteiger partial charge in [-0.05, 0) is 65.9 Å². The number of hydrogen-bond donors (Lipinski definition) is 1. The number of amides is 1. The minimum Gasteiger partial charge on any atom is -0.469 e. The number of aryl methyl sites for hydroxylation is 1. The third-order valence-corrected chi connectivity index (χ3v) is 6.39. The van der Waals surface area contributed by atoms with Crippen LogP contribution in [0.2, 0.25) is 5.02 Å². The van der Waals surface area contributed by atoms with Crippen LogP contribution in [0.5, 0.6) is 11.5 Å². The number of hydrogen-bond acceptors (Lipinski definition) is 4. The molecule has 1 amide bonds. The number of benzene rings is 4. The predicted molar refractivity (Wildman–Crippen MR) is 143 cm³/mol. The van der Waals surface area contributed by atoms with E-state index >= 15 is 0 Å². The molecule has 0 unspecified atom stereocenters. The fourth-order valence-electron chi connectivity index (χ4n) is 4.21. The maximum absolute atomic E-state index is 13.5. The second kappa shape index (κ2) is 11.7. The van der Waals surface area contributed by atoms with Crippen molar-refractivity contribution in [1.82, 2.24) is 5.32 Å². The van der Waals surface area contributed by atoms with Crippen molar-refractivity contribution in [3.8, 4) is 11.5 Å². The summed E-state index contributed by atoms with van der Waals surface area (Å²) >= 11 is 6.26. The van der Waals surface area contributed by atoms with E-state index in [2.05, 4.69) is 23.5 Å². The third kappa shape index (κ3) is 6.04. The molecule has 36 heavy (non-hydrogen) atoms. The Morgan fingerprint density at radius 1 is 0.944 bits per heavy atom. The Balaban J connectivity index is 1.60. The van der Waals surface area contributed by atoms with Gasteiger partial charge >= 0.3 is 5.97 Å². The molecule has 1 N–H and O–H groups in total. The highest BCUT2D eigenvalue weighted by molar-refractivity contribution is 6.32. The third-order valence-electron chi connectivity index (χ3n) is 6.08. The molecule has 4 aromatic carbocycles. The van der Waals surface area contributed by atoms with Gasteiger partial charge < -0.3 is 14.8 Å². The Morgan fingerprint density at radius 2 is 1.69 bits per heavy atom. The molecule has 0 bridgehead atoms. The average molecular weight is 502 g/mol. The van der Waals surface area contributed by atoms with E-state index in [9.17, 15) is 9.59 Å². The fraction of sp³-hybridized carbons (Fsp3) is 0.200. The zero-order valence-electron chi connectivity index (χ0n) is 20.3. The standard InChI is InChI=1S/C30H28ClNO4/c1-20(24-13-7-10-21-9-3-4-12-25(21)24)32-30(34)26-19-23(36-28-15-6-5-14-27(28)31)18-17-22(26)11-8-16-29(33)35-2/h3-7,9-10,12-15,17-20H,8,11,16H2,1-2H3,(H,32,34)/t20-/m1/s1. The smallest absolute Gasteiger partial charge is 0.305 e. The van der Waals surface area contributed by atoms with Crippen molar-refractivity contribution in [2.45, 2.75) is 32.2 Å². The highest BCUT2D eigenvalue weighted by Gasteiger charge is 2.18. The number of rotatable bonds is 9. The minimum atomic E-state index is -0.274. The summed E-state index contributed by atoms with van der Waals surface area (Å²) in [4.78, 5) is 25.1. The zero-order valence-corrected chi connectivity index (χ0v) is 21.0. The van der Waals surface area contributed by atoms with Crippen molar-refractivity contribution in [2.75, 3.05) is 7.11 Å². The van der Waals surface area contributed by atoms with Gasteiger partial charge in [0, 0.05) is 12.0 Å². The summed E-state index contributed by atoms with van der Waals surface area (Å²) in [5.41, 5.74) is 2.36. The van der Waals surface area contributed by atoms with Gasteiger partial charge in [0.2, 0.25) is 0 Å². The fourth-order valence-corrected chi connectivity index (χ4v) is 4.38. The monoisotopic (exact) mass is 501 g/mol. The van der Waals surface area contributed by atoms with E-state index in [0.29, 0.717) is 34.9 Å². The van der Waals surface area contributed by atoms with Gasteiger partial charge in [-0.1, -0.05) is 72.3 Å². The van der Waals surface area contributed by atoms with Gasteiger partial charge in [0.05, 0.1) is 18.2 Å². The molecule has 0 fully saturated rings. The second-order valence-corrected chi connectivity index (χ2v) is 8.95. The first-order valence-corrected chi connectivity index (χ1v) is 12.2. The summed E-state index contributed by atoms with van der Waals surface area (Å²) in [6.07, 6.45) is 1.39. The van der Waals surface area contributed by atoms with Crippen molar-refractivity contribution < 1.29 is 19.1 Å². The van der Waals surface area contributed by atoms with Crippen LogP contribution in [-0.4, -0.2) is 19.0 Å². The molecule has 0 aliphatic heterocycles. The molecule has 4 aromatic rings. The molecule has 0 spiro atoms. The van der Waals surface area contributed by atoms with Crippen molar-refractivity contribution in [3.05, 3.63) is 107 Å². The number of para-hydroxylation sites is 1. The molecule has 1 atom stereocenters. The van der Waals surface area contributed by atoms with Gasteiger partial charge in [-0.2, -0.15) is 0 Å². The number of carbonyl (C=O) groups excluding carboxylic acids is 2. The lowest BCUT2D eigenvalue weighted by atomic mass is 9.98. The van der Waals surface area contributed by atoms with Crippen LogP contribution in [0.15, 0.2) is 84.9 Å². The summed E-state index contributed by atoms with van der Waals surface area (Å²) in [7, 11) is 1.37. The average Bonchev–Trinajstić information content (AvgIpc) is 2.90. The van der Waals surface area contributed by atoms with Crippen molar-refractivity contribution in [1.29, 1.82) is 0 Å². The van der Waals surface area contributed by atoms with Gasteiger partial charge in [-0.25, -0.2) is 0 Å². The first-order valence-electron chi connectivity index (χ1n) is 11.9. The molecular weight excluding hydrogens is 474 g/mol. The van der Waals surface area contributed by atoms with Crippen LogP contribution in [0.25, 0.3) is 10.8 Å². The van der Waals surface area contributed by atoms with Crippen molar-refractivity contribution >= 4 is 34.2 Å². The van der Waals surface area contributed by atoms with Gasteiger partial charge in [0.1, 0.15) is 11.5 Å². The lowest BCUT2D eigenvalue weighted by Crippen LogP contribution is -2.27. The Labute approximate surface area is 216 Å². The first-order chi connectivity index (χ1) is 17.5. The Kier molecular flexibility index (Phi) is 8.24. The first kappa shape index (κ1) is 25.3. The molecule has 0 saturated carbocycles. The van der Waals surface area contributed by atoms with E-state index in [1.54, 1.807) is 18.2 Å². The van der Waals surface area contributed by atoms with E-state index in [1.807, 2.05) is 55.5 Å². The summed E-state index contributed by atoms with van der Waals surface area (Å²) in [6, 6.07) is 26.5. The van der Waals surface area contributed by atoms with Gasteiger partial charge in [-0.15, -0.1) is 0 Å². The van der Waals surface area contributed by atoms with Crippen LogP contribution in [-0.2, 0) is 16.0 Å². The Hall–Kier alpha value is -3.83. The highest BCUT2D eigenvalue weighted by atomic mass is 35.5. The molecule has 6 heteroatoms. The van der Waals surface area contributed by atoms with E-state index in [4.69, 9.17) is 21.1 Å². The van der Waals surface area contributed by atoms with Crippen molar-refractivity contribution in [3.63, 3.8) is 0 Å². The van der Waals surface area contributed by atoms with Crippen molar-refractivity contribution in [2.24, 2.45) is 0 Å². The predicted octanol–water partition coefficient (Wildman–Crippen LogP) is 7.27. The number of methoxy groups -OCH3 is 1. The topological polar surface area (TPSA) is 64.6 Å². The van der Waals surface area contributed by atoms with Gasteiger partial charge in [0.25, 0.3) is 5.91 Å². The van der Waals surface area contributed by atoms with E-state index in [1.165, 1.54) is 7.11 Å². The number of esters is 1. The molecule has 0 aromatic heterocycles. The van der Waals surface area contributed by atoms with E-state index in [-0.39, 0.29) is 24.3 Å². The Morgan fingerprint density at radius 3 is 2.50 bits per heavy atom. The lowest BCUT2D eigenvalue weighted by Gasteiger charge is -2.19. The molecule has 0 aliphatic carbocycles. The number of ether oxygens (including phenoxy) is 2. The largest absolute Gasteiger partial charge is 0.469 e. The maximum atomic E-state index is 13.5. The normalized spacial score (nSPS) is 11.6. The van der Waals surface area contributed by atoms with Gasteiger partial charge in [0.15, 0.2) is 0 Å². The van der Waals surface area contributed by atoms with E-state index < -0.39 is 0 Å². The summed E-state index contributed by atoms with van der Waals surface area (Å²) in [5.74, 6) is 0.522. The molecule has 0 radical (unpaired) electrons. The van der Waals surface area contributed by atoms with Crippen LogP contribution in [0.3, 0.4) is 0 Å². The zero-order chi connectivity index (χ0) is 25.5. The number of fused-ring (bicyclic) bond motifs is 1. The van der Waals surface area contributed by atoms with Gasteiger partial charge in [-0.3, -0.25) is 9.59 Å². The second-order valence-electron chi connectivity index (χ2n) is 8.54. The van der Waals surface area contributed by atoms with E-state index in [0.717, 1.165) is 21.9 Å². The summed E-state index contributed by atoms with van der Waals surface area (Å²) in [6.45, 7) is 1.97. The number of nitrogens with one attached hydrogen (secondary N) is 1. The minimum absolute atomic E-state index is 0.215. The lowest BCUT2D eigenvalue weighted by molar-refractivity contribution is -0.140. The molecule has 5 nitrogen and oxygen atoms in total. The maximum Gasteiger partial charge on any atom is 0.305 e. The number of halogens is 1. The Bertz CT molecular complexity index is 1380. The van der Waals surface area contributed by atoms with Crippen LogP contribution < -0.4 is 10.1 Å². The van der Waals surface area contributed by atoms with Crippen LogP contribution in [0.1, 0.15) is 47.3 Å². The summed E-state index contributed by atoms with van der Waals surface area (Å²) < 4.78 is 10.7. The molecule has 0 heterocycles. The molecule has 0 aliphatic rings. The molecule has 4 rings (SSSR count). The molecule has 184 valence electrons. The molecular formula is C30H28ClNO4. The van der Waals surface area contributed by atoms with Crippen LogP contribution >= 0.6 is 11.6 Å². The van der Waals surface area contributed by atoms with Crippen LogP contribution in [0, 0.1) is 0 Å². The quantitative estimate of drug-likeness (QED) is 0.245. The van der Waals surface area contributed by atoms with Crippen LogP contribution in [0.4, 0.5) is 0 Å². The molecule has 0 saturated heterocycles.